The molecule has 1 aliphatic carbocycles. The Morgan fingerprint density at radius 2 is 2.03 bits per heavy atom. The molecule has 2 amide bonds. The van der Waals surface area contributed by atoms with E-state index >= 15 is 0 Å². The van der Waals surface area contributed by atoms with Gasteiger partial charge in [-0.2, -0.15) is 0 Å². The second-order valence-electron chi connectivity index (χ2n) is 9.35. The van der Waals surface area contributed by atoms with Crippen LogP contribution in [0.2, 0.25) is 0 Å². The van der Waals surface area contributed by atoms with Gasteiger partial charge >= 0.3 is 0 Å². The van der Waals surface area contributed by atoms with E-state index in [4.69, 9.17) is 12.6 Å². The summed E-state index contributed by atoms with van der Waals surface area (Å²) >= 11 is 6.12. The minimum atomic E-state index is -0.443. The number of hydrogen-bond donors (Lipinski definition) is 3. The van der Waals surface area contributed by atoms with E-state index in [0.29, 0.717) is 24.1 Å². The third-order valence-corrected chi connectivity index (χ3v) is 8.33. The van der Waals surface area contributed by atoms with Crippen LogP contribution in [0.3, 0.4) is 0 Å². The Kier molecular flexibility index (Phi) is 11.6. The zero-order valence-corrected chi connectivity index (χ0v) is 22.5. The summed E-state index contributed by atoms with van der Waals surface area (Å²) < 4.78 is 0. The van der Waals surface area contributed by atoms with Crippen molar-refractivity contribution in [2.75, 3.05) is 51.1 Å². The Hall–Kier alpha value is -1.20. The topological polar surface area (TPSA) is 80.8 Å². The van der Waals surface area contributed by atoms with Crippen LogP contribution in [-0.2, 0) is 9.59 Å². The van der Waals surface area contributed by atoms with Crippen molar-refractivity contribution in [3.05, 3.63) is 11.6 Å². The lowest BCUT2D eigenvalue weighted by atomic mass is 9.84. The maximum atomic E-state index is 13.2. The maximum absolute atomic E-state index is 13.2. The van der Waals surface area contributed by atoms with Crippen LogP contribution in [0.1, 0.15) is 58.8 Å². The van der Waals surface area contributed by atoms with Crippen molar-refractivity contribution in [1.82, 2.24) is 25.0 Å². The average molecular weight is 511 g/mol. The molecule has 1 aromatic heterocycles. The first kappa shape index (κ1) is 27.4. The highest BCUT2D eigenvalue weighted by molar-refractivity contribution is 7.80. The van der Waals surface area contributed by atoms with Gasteiger partial charge in [-0.3, -0.25) is 19.8 Å². The Balaban J connectivity index is 1.54. The highest BCUT2D eigenvalue weighted by Crippen LogP contribution is 2.30. The van der Waals surface area contributed by atoms with Gasteiger partial charge in [-0.1, -0.05) is 46.0 Å². The molecule has 2 heterocycles. The minimum absolute atomic E-state index is 0.00494. The second-order valence-corrected chi connectivity index (χ2v) is 10.7. The summed E-state index contributed by atoms with van der Waals surface area (Å²) in [5.74, 6) is 0.390. The van der Waals surface area contributed by atoms with Gasteiger partial charge in [-0.05, 0) is 44.9 Å². The number of amides is 2. The molecular weight excluding hydrogens is 468 g/mol. The minimum Gasteiger partial charge on any atom is -0.328 e. The van der Waals surface area contributed by atoms with E-state index in [2.05, 4.69) is 39.3 Å². The SMILES string of the molecule is CCN(CC)CCCN[C@@H](S)N1CCN([C@@H](CC2CCCCC2)C(=O)Nc2nccs2)C(=O)C1. The predicted molar refractivity (Wildman–Crippen MR) is 142 cm³/mol. The van der Waals surface area contributed by atoms with Crippen LogP contribution in [0.5, 0.6) is 0 Å². The van der Waals surface area contributed by atoms with E-state index < -0.39 is 6.04 Å². The molecule has 1 aromatic rings. The Labute approximate surface area is 214 Å². The molecule has 1 aliphatic heterocycles. The fourth-order valence-electron chi connectivity index (χ4n) is 5.03. The summed E-state index contributed by atoms with van der Waals surface area (Å²) in [5, 5.41) is 8.83. The first-order valence-corrected chi connectivity index (χ1v) is 14.3. The molecule has 3 rings (SSSR count). The van der Waals surface area contributed by atoms with Crippen LogP contribution >= 0.6 is 24.0 Å². The van der Waals surface area contributed by atoms with Crippen LogP contribution in [0.15, 0.2) is 11.6 Å². The molecule has 2 fully saturated rings. The normalized spacial score (nSPS) is 20.0. The van der Waals surface area contributed by atoms with Gasteiger partial charge in [-0.25, -0.2) is 4.98 Å². The summed E-state index contributed by atoms with van der Waals surface area (Å²) in [6.07, 6.45) is 9.46. The number of aromatic nitrogens is 1. The van der Waals surface area contributed by atoms with E-state index in [0.717, 1.165) is 51.9 Å². The number of thiazole rings is 1. The first-order chi connectivity index (χ1) is 16.5. The number of piperazine rings is 1. The van der Waals surface area contributed by atoms with Gasteiger partial charge in [0, 0.05) is 24.7 Å². The highest BCUT2D eigenvalue weighted by Gasteiger charge is 2.37. The Bertz CT molecular complexity index is 740. The molecule has 1 saturated carbocycles. The standard InChI is InChI=1S/C24H42N6O2S2/c1-3-28(4-2)13-8-11-26-24(33)29-14-15-30(21(31)18-29)20(17-19-9-6-5-7-10-19)22(32)27-23-25-12-16-34-23/h12,16,19-20,24,26,33H,3-11,13-15,17-18H2,1-2H3,(H,25,27,32)/t20-,24+/m0/s1. The van der Waals surface area contributed by atoms with E-state index in [1.807, 2.05) is 5.38 Å². The molecule has 0 bridgehead atoms. The molecule has 2 N–H and O–H groups in total. The molecule has 2 atom stereocenters. The smallest absolute Gasteiger partial charge is 0.248 e. The van der Waals surface area contributed by atoms with Crippen molar-refractivity contribution in [3.8, 4) is 0 Å². The first-order valence-electron chi connectivity index (χ1n) is 12.9. The van der Waals surface area contributed by atoms with Crippen molar-refractivity contribution in [2.24, 2.45) is 5.92 Å². The summed E-state index contributed by atoms with van der Waals surface area (Å²) in [6.45, 7) is 9.94. The van der Waals surface area contributed by atoms with E-state index in [1.54, 1.807) is 11.1 Å². The van der Waals surface area contributed by atoms with Crippen LogP contribution < -0.4 is 10.6 Å². The van der Waals surface area contributed by atoms with Gasteiger partial charge in [0.05, 0.1) is 6.54 Å². The molecule has 8 nitrogen and oxygen atoms in total. The molecule has 0 aromatic carbocycles. The fraction of sp³-hybridized carbons (Fsp3) is 0.792. The van der Waals surface area contributed by atoms with Crippen molar-refractivity contribution in [2.45, 2.75) is 70.3 Å². The third-order valence-electron chi connectivity index (χ3n) is 7.13. The Morgan fingerprint density at radius 3 is 2.68 bits per heavy atom. The monoisotopic (exact) mass is 510 g/mol. The number of thiol groups is 1. The Morgan fingerprint density at radius 1 is 1.26 bits per heavy atom. The third kappa shape index (κ3) is 8.19. The van der Waals surface area contributed by atoms with Gasteiger partial charge in [0.25, 0.3) is 0 Å². The molecule has 0 spiro atoms. The number of carbonyl (C=O) groups excluding carboxylic acids is 2. The zero-order chi connectivity index (χ0) is 24.3. The van der Waals surface area contributed by atoms with Crippen LogP contribution in [-0.4, -0.2) is 88.9 Å². The summed E-state index contributed by atoms with van der Waals surface area (Å²) in [4.78, 5) is 36.9. The largest absolute Gasteiger partial charge is 0.328 e. The summed E-state index contributed by atoms with van der Waals surface area (Å²) in [5.41, 5.74) is -0.163. The molecule has 1 saturated heterocycles. The zero-order valence-electron chi connectivity index (χ0n) is 20.7. The van der Waals surface area contributed by atoms with Gasteiger partial charge in [-0.15, -0.1) is 24.0 Å². The number of nitrogens with one attached hydrogen (secondary N) is 2. The molecule has 2 aliphatic rings. The molecular formula is C24H42N6O2S2. The van der Waals surface area contributed by atoms with Crippen molar-refractivity contribution in [3.63, 3.8) is 0 Å². The number of anilines is 1. The molecule has 10 heteroatoms. The van der Waals surface area contributed by atoms with Crippen LogP contribution in [0.25, 0.3) is 0 Å². The van der Waals surface area contributed by atoms with Gasteiger partial charge in [0.1, 0.15) is 11.5 Å². The number of nitrogens with zero attached hydrogens (tertiary/aromatic N) is 4. The molecule has 34 heavy (non-hydrogen) atoms. The molecule has 192 valence electrons. The fourth-order valence-corrected chi connectivity index (χ4v) is 5.89. The highest BCUT2D eigenvalue weighted by atomic mass is 32.1. The number of carbonyl (C=O) groups is 2. The summed E-state index contributed by atoms with van der Waals surface area (Å²) in [6, 6.07) is -0.443. The van der Waals surface area contributed by atoms with Gasteiger partial charge in [0.2, 0.25) is 11.8 Å². The van der Waals surface area contributed by atoms with Crippen molar-refractivity contribution >= 4 is 40.9 Å². The lowest BCUT2D eigenvalue weighted by Gasteiger charge is -2.41. The van der Waals surface area contributed by atoms with Crippen molar-refractivity contribution in [1.29, 1.82) is 0 Å². The maximum Gasteiger partial charge on any atom is 0.248 e. The van der Waals surface area contributed by atoms with E-state index in [1.165, 1.54) is 30.6 Å². The second kappa shape index (κ2) is 14.4. The van der Waals surface area contributed by atoms with Crippen LogP contribution in [0.4, 0.5) is 5.13 Å². The van der Waals surface area contributed by atoms with E-state index in [9.17, 15) is 9.59 Å². The molecule has 0 radical (unpaired) electrons. The average Bonchev–Trinajstić information content (AvgIpc) is 3.36. The number of rotatable bonds is 13. The van der Waals surface area contributed by atoms with Crippen LogP contribution in [0, 0.1) is 5.92 Å². The van der Waals surface area contributed by atoms with Gasteiger partial charge < -0.3 is 15.1 Å². The lowest BCUT2D eigenvalue weighted by molar-refractivity contribution is -0.144. The lowest BCUT2D eigenvalue weighted by Crippen LogP contribution is -2.60. The number of hydrogen-bond acceptors (Lipinski definition) is 8. The van der Waals surface area contributed by atoms with Crippen molar-refractivity contribution < 1.29 is 9.59 Å². The van der Waals surface area contributed by atoms with Gasteiger partial charge in [0.15, 0.2) is 5.13 Å². The predicted octanol–water partition coefficient (Wildman–Crippen LogP) is 3.10. The quantitative estimate of drug-likeness (QED) is 0.215. The molecule has 0 unspecified atom stereocenters. The summed E-state index contributed by atoms with van der Waals surface area (Å²) in [7, 11) is 0. The van der Waals surface area contributed by atoms with E-state index in [-0.39, 0.29) is 23.9 Å².